The number of nitrogens with zero attached hydrogens (tertiary/aromatic N) is 2. The molecule has 31 heavy (non-hydrogen) atoms. The molecule has 0 aromatic heterocycles. The number of rotatable bonds is 8. The minimum atomic E-state index is -4.64. The molecule has 0 bridgehead atoms. The lowest BCUT2D eigenvalue weighted by atomic mass is 10.1. The second kappa shape index (κ2) is 9.28. The zero-order chi connectivity index (χ0) is 22.8. The van der Waals surface area contributed by atoms with Crippen molar-refractivity contribution in [2.45, 2.75) is 26.6 Å². The second-order valence-corrected chi connectivity index (χ2v) is 7.47. The fourth-order valence-corrected chi connectivity index (χ4v) is 3.69. The summed E-state index contributed by atoms with van der Waals surface area (Å²) in [7, 11) is 0. The normalized spacial score (nSPS) is 13.8. The first kappa shape index (κ1) is 23.1. The van der Waals surface area contributed by atoms with Crippen LogP contribution in [0.2, 0.25) is 5.02 Å². The smallest absolute Gasteiger partial charge is 0.417 e. The number of alkyl halides is 3. The number of carbonyl (C=O) groups excluding carboxylic acids is 2. The molecule has 2 aromatic rings. The van der Waals surface area contributed by atoms with Crippen molar-refractivity contribution in [1.29, 1.82) is 0 Å². The molecule has 0 radical (unpaired) electrons. The highest BCUT2D eigenvalue weighted by atomic mass is 35.5. The third kappa shape index (κ3) is 4.85. The van der Waals surface area contributed by atoms with Crippen LogP contribution in [0, 0.1) is 0 Å². The van der Waals surface area contributed by atoms with E-state index in [0.29, 0.717) is 13.2 Å². The Hall–Kier alpha value is -2.58. The number of ether oxygens (including phenoxy) is 1. The average Bonchev–Trinajstić information content (AvgIpc) is 2.97. The fraction of sp³-hybridized carbons (Fsp3) is 0.364. The maximum absolute atomic E-state index is 13.1. The van der Waals surface area contributed by atoms with Crippen LogP contribution in [-0.4, -0.2) is 47.9 Å². The maximum Gasteiger partial charge on any atom is 0.417 e. The first-order valence-corrected chi connectivity index (χ1v) is 10.2. The van der Waals surface area contributed by atoms with E-state index in [1.165, 1.54) is 12.1 Å². The Morgan fingerprint density at radius 3 is 2.42 bits per heavy atom. The molecule has 0 saturated carbocycles. The number of halogens is 4. The van der Waals surface area contributed by atoms with Gasteiger partial charge in [-0.25, -0.2) is 0 Å². The van der Waals surface area contributed by atoms with E-state index in [-0.39, 0.29) is 29.0 Å². The zero-order valence-corrected chi connectivity index (χ0v) is 17.9. The maximum atomic E-state index is 13.1. The van der Waals surface area contributed by atoms with Crippen LogP contribution in [0.5, 0.6) is 5.75 Å². The van der Waals surface area contributed by atoms with Gasteiger partial charge < -0.3 is 9.64 Å². The van der Waals surface area contributed by atoms with Gasteiger partial charge in [0.05, 0.1) is 28.3 Å². The molecule has 166 valence electrons. The summed E-state index contributed by atoms with van der Waals surface area (Å²) in [6, 6.07) is 8.07. The first-order chi connectivity index (χ1) is 14.7. The van der Waals surface area contributed by atoms with Gasteiger partial charge in [0.2, 0.25) is 0 Å². The Bertz CT molecular complexity index is 990. The van der Waals surface area contributed by atoms with E-state index in [0.717, 1.165) is 30.1 Å². The van der Waals surface area contributed by atoms with E-state index in [1.54, 1.807) is 12.1 Å². The summed E-state index contributed by atoms with van der Waals surface area (Å²) in [5, 5.41) is -0.442. The van der Waals surface area contributed by atoms with Gasteiger partial charge in [0.1, 0.15) is 12.4 Å². The first-order valence-electron chi connectivity index (χ1n) is 9.87. The van der Waals surface area contributed by atoms with Crippen molar-refractivity contribution in [1.82, 2.24) is 9.80 Å². The van der Waals surface area contributed by atoms with Crippen molar-refractivity contribution in [3.8, 4) is 5.75 Å². The lowest BCUT2D eigenvalue weighted by molar-refractivity contribution is -0.137. The predicted octanol–water partition coefficient (Wildman–Crippen LogP) is 4.88. The molecule has 2 amide bonds. The van der Waals surface area contributed by atoms with Crippen LogP contribution in [0.15, 0.2) is 36.4 Å². The van der Waals surface area contributed by atoms with Crippen molar-refractivity contribution in [3.05, 3.63) is 63.7 Å². The molecular formula is C22H22ClF3N2O3. The molecular weight excluding hydrogens is 433 g/mol. The number of imide groups is 1. The lowest BCUT2D eigenvalue weighted by Crippen LogP contribution is -2.29. The van der Waals surface area contributed by atoms with Gasteiger partial charge in [0.15, 0.2) is 0 Å². The van der Waals surface area contributed by atoms with Gasteiger partial charge in [0.25, 0.3) is 11.8 Å². The Balaban J connectivity index is 1.81. The molecule has 1 aliphatic rings. The molecule has 9 heteroatoms. The SMILES string of the molecule is CCN(CC)CCOc1cccc2c1C(=O)N(Cc1ccc(Cl)c(C(F)(F)F)c1)C2=O. The quantitative estimate of drug-likeness (QED) is 0.534. The lowest BCUT2D eigenvalue weighted by Gasteiger charge is -2.18. The van der Waals surface area contributed by atoms with E-state index in [2.05, 4.69) is 4.90 Å². The van der Waals surface area contributed by atoms with Gasteiger partial charge in [-0.2, -0.15) is 13.2 Å². The molecule has 0 spiro atoms. The average molecular weight is 455 g/mol. The molecule has 2 aromatic carbocycles. The van der Waals surface area contributed by atoms with Crippen molar-refractivity contribution in [2.75, 3.05) is 26.2 Å². The van der Waals surface area contributed by atoms with Gasteiger partial charge in [-0.3, -0.25) is 14.5 Å². The van der Waals surface area contributed by atoms with Gasteiger partial charge in [-0.05, 0) is 42.9 Å². The molecule has 0 unspecified atom stereocenters. The van der Waals surface area contributed by atoms with Crippen LogP contribution in [0.1, 0.15) is 45.7 Å². The molecule has 5 nitrogen and oxygen atoms in total. The topological polar surface area (TPSA) is 49.9 Å². The summed E-state index contributed by atoms with van der Waals surface area (Å²) in [6.45, 7) is 6.48. The minimum Gasteiger partial charge on any atom is -0.491 e. The van der Waals surface area contributed by atoms with Gasteiger partial charge >= 0.3 is 6.18 Å². The summed E-state index contributed by atoms with van der Waals surface area (Å²) in [5.74, 6) is -0.878. The van der Waals surface area contributed by atoms with E-state index in [1.807, 2.05) is 13.8 Å². The molecule has 0 fully saturated rings. The highest BCUT2D eigenvalue weighted by Gasteiger charge is 2.39. The fourth-order valence-electron chi connectivity index (χ4n) is 3.46. The third-order valence-electron chi connectivity index (χ3n) is 5.20. The predicted molar refractivity (Wildman–Crippen MR) is 110 cm³/mol. The summed E-state index contributed by atoms with van der Waals surface area (Å²) < 4.78 is 45.2. The monoisotopic (exact) mass is 454 g/mol. The number of hydrogen-bond donors (Lipinski definition) is 0. The number of hydrogen-bond acceptors (Lipinski definition) is 4. The Morgan fingerprint density at radius 2 is 1.77 bits per heavy atom. The van der Waals surface area contributed by atoms with Crippen molar-refractivity contribution >= 4 is 23.4 Å². The van der Waals surface area contributed by atoms with E-state index in [4.69, 9.17) is 16.3 Å². The van der Waals surface area contributed by atoms with E-state index in [9.17, 15) is 22.8 Å². The minimum absolute atomic E-state index is 0.136. The van der Waals surface area contributed by atoms with Crippen LogP contribution in [-0.2, 0) is 12.7 Å². The summed E-state index contributed by atoms with van der Waals surface area (Å²) >= 11 is 5.65. The van der Waals surface area contributed by atoms with Crippen molar-refractivity contribution in [3.63, 3.8) is 0 Å². The molecule has 1 heterocycles. The standard InChI is InChI=1S/C22H22ClF3N2O3/c1-3-27(4-2)10-11-31-18-7-5-6-15-19(18)21(30)28(20(15)29)13-14-8-9-17(23)16(12-14)22(24,25)26/h5-9,12H,3-4,10-11,13H2,1-2H3. The molecule has 0 atom stereocenters. The highest BCUT2D eigenvalue weighted by molar-refractivity contribution is 6.31. The Labute approximate surface area is 183 Å². The van der Waals surface area contributed by atoms with Crippen molar-refractivity contribution in [2.24, 2.45) is 0 Å². The van der Waals surface area contributed by atoms with Gasteiger partial charge in [0, 0.05) is 6.54 Å². The number of likely N-dealkylation sites (N-methyl/N-ethyl adjacent to an activating group) is 1. The van der Waals surface area contributed by atoms with Crippen LogP contribution >= 0.6 is 11.6 Å². The molecule has 0 aliphatic carbocycles. The second-order valence-electron chi connectivity index (χ2n) is 7.06. The van der Waals surface area contributed by atoms with Gasteiger partial charge in [-0.15, -0.1) is 0 Å². The number of benzene rings is 2. The largest absolute Gasteiger partial charge is 0.491 e. The number of fused-ring (bicyclic) bond motifs is 1. The number of carbonyl (C=O) groups is 2. The summed E-state index contributed by atoms with van der Waals surface area (Å²) in [4.78, 5) is 28.8. The van der Waals surface area contributed by atoms with Crippen LogP contribution in [0.4, 0.5) is 13.2 Å². The summed E-state index contributed by atoms with van der Waals surface area (Å²) in [5.41, 5.74) is -0.550. The Morgan fingerprint density at radius 1 is 1.06 bits per heavy atom. The third-order valence-corrected chi connectivity index (χ3v) is 5.53. The zero-order valence-electron chi connectivity index (χ0n) is 17.1. The van der Waals surface area contributed by atoms with Crippen LogP contribution in [0.25, 0.3) is 0 Å². The Kier molecular flexibility index (Phi) is 6.91. The van der Waals surface area contributed by atoms with Crippen LogP contribution < -0.4 is 4.74 Å². The van der Waals surface area contributed by atoms with Gasteiger partial charge in [-0.1, -0.05) is 37.6 Å². The van der Waals surface area contributed by atoms with E-state index >= 15 is 0 Å². The van der Waals surface area contributed by atoms with E-state index < -0.39 is 28.6 Å². The number of amides is 2. The molecule has 0 N–H and O–H groups in total. The van der Waals surface area contributed by atoms with Crippen molar-refractivity contribution < 1.29 is 27.5 Å². The molecule has 0 saturated heterocycles. The summed E-state index contributed by atoms with van der Waals surface area (Å²) in [6.07, 6.45) is -4.64. The molecule has 1 aliphatic heterocycles. The highest BCUT2D eigenvalue weighted by Crippen LogP contribution is 2.36. The molecule has 3 rings (SSSR count). The van der Waals surface area contributed by atoms with Crippen LogP contribution in [0.3, 0.4) is 0 Å².